The van der Waals surface area contributed by atoms with Crippen molar-refractivity contribution >= 4 is 5.78 Å². The van der Waals surface area contributed by atoms with E-state index in [9.17, 15) is 0 Å². The fourth-order valence-corrected chi connectivity index (χ4v) is 3.01. The van der Waals surface area contributed by atoms with Gasteiger partial charge >= 0.3 is 0 Å². The molecule has 1 aliphatic carbocycles. The van der Waals surface area contributed by atoms with Gasteiger partial charge in [0, 0.05) is 12.1 Å². The van der Waals surface area contributed by atoms with Crippen molar-refractivity contribution in [1.82, 2.24) is 39.3 Å². The van der Waals surface area contributed by atoms with Crippen LogP contribution >= 0.6 is 0 Å². The first-order valence-corrected chi connectivity index (χ1v) is 8.80. The van der Waals surface area contributed by atoms with Crippen LogP contribution < -0.4 is 0 Å². The molecule has 0 bridgehead atoms. The van der Waals surface area contributed by atoms with Crippen LogP contribution in [0.5, 0.6) is 0 Å². The highest BCUT2D eigenvalue weighted by atomic mass is 15.4. The van der Waals surface area contributed by atoms with Crippen LogP contribution in [0.4, 0.5) is 0 Å². The van der Waals surface area contributed by atoms with Gasteiger partial charge < -0.3 is 0 Å². The molecular formula is C18H18N8. The molecule has 0 unspecified atom stereocenters. The van der Waals surface area contributed by atoms with E-state index in [0.29, 0.717) is 17.5 Å². The minimum atomic E-state index is 0.273. The third kappa shape index (κ3) is 2.45. The molecule has 0 radical (unpaired) electrons. The second-order valence-corrected chi connectivity index (χ2v) is 6.86. The molecule has 0 spiro atoms. The third-order valence-electron chi connectivity index (χ3n) is 4.53. The van der Waals surface area contributed by atoms with Crippen LogP contribution in [-0.2, 0) is 0 Å². The summed E-state index contributed by atoms with van der Waals surface area (Å²) in [5, 5.41) is 9.01. The van der Waals surface area contributed by atoms with E-state index in [1.165, 1.54) is 6.33 Å². The zero-order valence-corrected chi connectivity index (χ0v) is 14.6. The van der Waals surface area contributed by atoms with E-state index in [4.69, 9.17) is 10.1 Å². The standard InChI is InChI=1S/C18H18N8/c1-11(2)14-9-13(22-18-20-10-21-25(14)18)17-23-16(12-6-7-12)24-26(17)15-5-3-4-8-19-15/h3-5,8-12H,6-7H2,1-2H3. The average molecular weight is 346 g/mol. The first kappa shape index (κ1) is 15.1. The van der Waals surface area contributed by atoms with Crippen molar-refractivity contribution in [3.63, 3.8) is 0 Å². The topological polar surface area (TPSA) is 86.7 Å². The van der Waals surface area contributed by atoms with Gasteiger partial charge in [0.25, 0.3) is 5.78 Å². The van der Waals surface area contributed by atoms with Crippen LogP contribution in [0.2, 0.25) is 0 Å². The van der Waals surface area contributed by atoms with Crippen LogP contribution in [0.25, 0.3) is 23.1 Å². The lowest BCUT2D eigenvalue weighted by Crippen LogP contribution is -2.07. The summed E-state index contributed by atoms with van der Waals surface area (Å²) in [4.78, 5) is 18.2. The lowest BCUT2D eigenvalue weighted by molar-refractivity contribution is 0.748. The molecule has 1 aliphatic rings. The summed E-state index contributed by atoms with van der Waals surface area (Å²) in [6.07, 6.45) is 5.56. The quantitative estimate of drug-likeness (QED) is 0.565. The molecule has 0 aliphatic heterocycles. The van der Waals surface area contributed by atoms with E-state index in [1.807, 2.05) is 24.3 Å². The minimum Gasteiger partial charge on any atom is -0.237 e. The van der Waals surface area contributed by atoms with Crippen molar-refractivity contribution < 1.29 is 0 Å². The largest absolute Gasteiger partial charge is 0.253 e. The van der Waals surface area contributed by atoms with Gasteiger partial charge in [-0.05, 0) is 37.0 Å². The SMILES string of the molecule is CC(C)c1cc(-c2nc(C3CC3)nn2-c2ccccn2)nc2ncnn12. The molecule has 0 aromatic carbocycles. The monoisotopic (exact) mass is 346 g/mol. The van der Waals surface area contributed by atoms with Gasteiger partial charge in [-0.15, -0.1) is 5.10 Å². The lowest BCUT2D eigenvalue weighted by atomic mass is 10.1. The maximum atomic E-state index is 4.80. The number of nitrogens with zero attached hydrogens (tertiary/aromatic N) is 8. The maximum Gasteiger partial charge on any atom is 0.253 e. The van der Waals surface area contributed by atoms with E-state index in [2.05, 4.69) is 33.9 Å². The van der Waals surface area contributed by atoms with Gasteiger partial charge in [-0.2, -0.15) is 14.8 Å². The summed E-state index contributed by atoms with van der Waals surface area (Å²) in [5.41, 5.74) is 1.77. The van der Waals surface area contributed by atoms with Crippen LogP contribution in [0.1, 0.15) is 50.0 Å². The molecule has 8 nitrogen and oxygen atoms in total. The van der Waals surface area contributed by atoms with Crippen molar-refractivity contribution in [2.45, 2.75) is 38.5 Å². The molecule has 0 N–H and O–H groups in total. The molecule has 4 aromatic rings. The van der Waals surface area contributed by atoms with Crippen LogP contribution in [0.15, 0.2) is 36.8 Å². The Morgan fingerprint density at radius 3 is 2.73 bits per heavy atom. The minimum absolute atomic E-state index is 0.273. The highest BCUT2D eigenvalue weighted by molar-refractivity contribution is 5.56. The van der Waals surface area contributed by atoms with E-state index < -0.39 is 0 Å². The lowest BCUT2D eigenvalue weighted by Gasteiger charge is -2.10. The number of hydrogen-bond donors (Lipinski definition) is 0. The number of fused-ring (bicyclic) bond motifs is 1. The molecule has 0 amide bonds. The Morgan fingerprint density at radius 1 is 1.12 bits per heavy atom. The Labute approximate surface area is 150 Å². The van der Waals surface area contributed by atoms with E-state index in [1.54, 1.807) is 15.4 Å². The van der Waals surface area contributed by atoms with Crippen molar-refractivity contribution in [2.75, 3.05) is 0 Å². The summed E-state index contributed by atoms with van der Waals surface area (Å²) in [6.45, 7) is 4.25. The molecule has 26 heavy (non-hydrogen) atoms. The first-order valence-electron chi connectivity index (χ1n) is 8.80. The second-order valence-electron chi connectivity index (χ2n) is 6.86. The Bertz CT molecular complexity index is 1080. The number of hydrogen-bond acceptors (Lipinski definition) is 6. The van der Waals surface area contributed by atoms with E-state index in [-0.39, 0.29) is 5.92 Å². The fourth-order valence-electron chi connectivity index (χ4n) is 3.01. The van der Waals surface area contributed by atoms with Crippen LogP contribution in [0.3, 0.4) is 0 Å². The van der Waals surface area contributed by atoms with Crippen molar-refractivity contribution in [1.29, 1.82) is 0 Å². The molecule has 0 atom stereocenters. The van der Waals surface area contributed by atoms with Crippen molar-refractivity contribution in [3.8, 4) is 17.3 Å². The molecule has 1 saturated carbocycles. The average Bonchev–Trinajstić information content (AvgIpc) is 3.23. The Morgan fingerprint density at radius 2 is 2.00 bits per heavy atom. The third-order valence-corrected chi connectivity index (χ3v) is 4.53. The Hall–Kier alpha value is -3.16. The second kappa shape index (κ2) is 5.69. The number of pyridine rings is 1. The summed E-state index contributed by atoms with van der Waals surface area (Å²) in [5.74, 6) is 3.57. The number of rotatable bonds is 4. The van der Waals surface area contributed by atoms with Gasteiger partial charge in [0.1, 0.15) is 12.0 Å². The van der Waals surface area contributed by atoms with Crippen molar-refractivity contribution in [2.24, 2.45) is 0 Å². The predicted molar refractivity (Wildman–Crippen MR) is 95.0 cm³/mol. The zero-order chi connectivity index (χ0) is 17.7. The normalized spacial score (nSPS) is 14.4. The van der Waals surface area contributed by atoms with Crippen LogP contribution in [-0.4, -0.2) is 39.3 Å². The smallest absolute Gasteiger partial charge is 0.237 e. The van der Waals surface area contributed by atoms with Gasteiger partial charge in [-0.3, -0.25) is 0 Å². The Kier molecular flexibility index (Phi) is 3.31. The summed E-state index contributed by atoms with van der Waals surface area (Å²) in [6, 6.07) is 7.78. The van der Waals surface area contributed by atoms with Crippen molar-refractivity contribution in [3.05, 3.63) is 48.3 Å². The highest BCUT2D eigenvalue weighted by Gasteiger charge is 2.30. The summed E-state index contributed by atoms with van der Waals surface area (Å²) < 4.78 is 3.56. The highest BCUT2D eigenvalue weighted by Crippen LogP contribution is 2.39. The van der Waals surface area contributed by atoms with Gasteiger partial charge in [0.15, 0.2) is 17.5 Å². The van der Waals surface area contributed by atoms with Gasteiger partial charge in [0.2, 0.25) is 0 Å². The molecule has 130 valence electrons. The molecule has 1 fully saturated rings. The van der Waals surface area contributed by atoms with Gasteiger partial charge in [-0.1, -0.05) is 19.9 Å². The van der Waals surface area contributed by atoms with Gasteiger partial charge in [0.05, 0.1) is 5.69 Å². The summed E-state index contributed by atoms with van der Waals surface area (Å²) in [7, 11) is 0. The summed E-state index contributed by atoms with van der Waals surface area (Å²) >= 11 is 0. The molecule has 8 heteroatoms. The molecule has 4 aromatic heterocycles. The predicted octanol–water partition coefficient (Wildman–Crippen LogP) is 2.77. The molecule has 4 heterocycles. The Balaban J connectivity index is 1.74. The molecular weight excluding hydrogens is 328 g/mol. The maximum absolute atomic E-state index is 4.80. The molecule has 5 rings (SSSR count). The fraction of sp³-hybridized carbons (Fsp3) is 0.333. The zero-order valence-electron chi connectivity index (χ0n) is 14.6. The number of aromatic nitrogens is 8. The van der Waals surface area contributed by atoms with Gasteiger partial charge in [-0.25, -0.2) is 19.5 Å². The van der Waals surface area contributed by atoms with E-state index in [0.717, 1.165) is 35.9 Å². The van der Waals surface area contributed by atoms with Crippen LogP contribution in [0, 0.1) is 0 Å². The molecule has 0 saturated heterocycles. The first-order chi connectivity index (χ1) is 12.7. The van der Waals surface area contributed by atoms with E-state index >= 15 is 0 Å².